The van der Waals surface area contributed by atoms with E-state index in [9.17, 15) is 0 Å². The Morgan fingerprint density at radius 1 is 1.18 bits per heavy atom. The van der Waals surface area contributed by atoms with Crippen LogP contribution in [0.2, 0.25) is 0 Å². The molecule has 0 fully saturated rings. The molecule has 0 saturated carbocycles. The van der Waals surface area contributed by atoms with E-state index in [4.69, 9.17) is 0 Å². The van der Waals surface area contributed by atoms with Crippen LogP contribution in [0, 0.1) is 6.92 Å². The van der Waals surface area contributed by atoms with Gasteiger partial charge in [-0.2, -0.15) is 0 Å². The molecule has 1 aromatic carbocycles. The van der Waals surface area contributed by atoms with Crippen LogP contribution in [-0.4, -0.2) is 13.6 Å². The summed E-state index contributed by atoms with van der Waals surface area (Å²) in [6.07, 6.45) is 0. The van der Waals surface area contributed by atoms with Crippen LogP contribution >= 0.6 is 0 Å². The van der Waals surface area contributed by atoms with E-state index in [2.05, 4.69) is 31.3 Å². The van der Waals surface area contributed by atoms with E-state index in [1.807, 2.05) is 25.2 Å². The van der Waals surface area contributed by atoms with Gasteiger partial charge in [0.05, 0.1) is 0 Å². The Bertz CT molecular complexity index is 156. The van der Waals surface area contributed by atoms with Crippen LogP contribution in [0.15, 0.2) is 30.3 Å². The predicted molar refractivity (Wildman–Crippen MR) is 50.8 cm³/mol. The standard InChI is InChI=1S/C7H8.C3H9N/c1-7-5-3-2-4-6-7;1-3-4-2/h2-6H,1H3;4H,3H2,1-2H3. The van der Waals surface area contributed by atoms with E-state index in [1.165, 1.54) is 5.56 Å². The lowest BCUT2D eigenvalue weighted by atomic mass is 10.2. The monoisotopic (exact) mass is 151 g/mol. The van der Waals surface area contributed by atoms with Crippen molar-refractivity contribution in [1.82, 2.24) is 5.32 Å². The normalized spacial score (nSPS) is 8.27. The highest BCUT2D eigenvalue weighted by Gasteiger charge is 1.72. The van der Waals surface area contributed by atoms with Gasteiger partial charge in [-0.15, -0.1) is 0 Å². The molecule has 1 nitrogen and oxygen atoms in total. The Balaban J connectivity index is 0.000000218. The second kappa shape index (κ2) is 7.29. The van der Waals surface area contributed by atoms with Crippen molar-refractivity contribution in [1.29, 1.82) is 0 Å². The summed E-state index contributed by atoms with van der Waals surface area (Å²) in [4.78, 5) is 0. The van der Waals surface area contributed by atoms with Crippen molar-refractivity contribution in [3.05, 3.63) is 35.9 Å². The molecule has 0 aliphatic carbocycles. The van der Waals surface area contributed by atoms with Crippen LogP contribution in [0.5, 0.6) is 0 Å². The van der Waals surface area contributed by atoms with Gasteiger partial charge in [-0.3, -0.25) is 0 Å². The fraction of sp³-hybridized carbons (Fsp3) is 0.400. The van der Waals surface area contributed by atoms with Crippen LogP contribution in [0.1, 0.15) is 12.5 Å². The fourth-order valence-corrected chi connectivity index (χ4v) is 0.534. The minimum atomic E-state index is 1.07. The maximum atomic E-state index is 2.93. The summed E-state index contributed by atoms with van der Waals surface area (Å²) >= 11 is 0. The largest absolute Gasteiger partial charge is 0.320 e. The first-order valence-electron chi connectivity index (χ1n) is 3.97. The van der Waals surface area contributed by atoms with Gasteiger partial charge in [-0.25, -0.2) is 0 Å². The molecule has 11 heavy (non-hydrogen) atoms. The molecule has 0 atom stereocenters. The molecule has 0 bridgehead atoms. The van der Waals surface area contributed by atoms with Crippen LogP contribution in [0.25, 0.3) is 0 Å². The average molecular weight is 151 g/mol. The van der Waals surface area contributed by atoms with Gasteiger partial charge in [0.2, 0.25) is 0 Å². The SMILES string of the molecule is CCNC.Cc1ccccc1. The van der Waals surface area contributed by atoms with Gasteiger partial charge in [0.15, 0.2) is 0 Å². The van der Waals surface area contributed by atoms with Crippen molar-refractivity contribution < 1.29 is 0 Å². The third kappa shape index (κ3) is 7.07. The number of hydrogen-bond donors (Lipinski definition) is 1. The Morgan fingerprint density at radius 3 is 1.82 bits per heavy atom. The van der Waals surface area contributed by atoms with Gasteiger partial charge in [0.1, 0.15) is 0 Å². The first-order chi connectivity index (χ1) is 5.31. The minimum absolute atomic E-state index is 1.07. The first-order valence-corrected chi connectivity index (χ1v) is 3.97. The summed E-state index contributed by atoms with van der Waals surface area (Å²) in [5.74, 6) is 0. The molecule has 0 unspecified atom stereocenters. The molecule has 1 heteroatoms. The van der Waals surface area contributed by atoms with E-state index >= 15 is 0 Å². The van der Waals surface area contributed by atoms with E-state index in [0.717, 1.165) is 6.54 Å². The van der Waals surface area contributed by atoms with Crippen LogP contribution in [0.3, 0.4) is 0 Å². The highest BCUT2D eigenvalue weighted by molar-refractivity contribution is 5.11. The van der Waals surface area contributed by atoms with Gasteiger partial charge in [-0.1, -0.05) is 42.8 Å². The molecule has 1 rings (SSSR count). The molecule has 0 aromatic heterocycles. The van der Waals surface area contributed by atoms with Crippen molar-refractivity contribution in [2.45, 2.75) is 13.8 Å². The third-order valence-electron chi connectivity index (χ3n) is 1.29. The Labute approximate surface area is 69.4 Å². The second-order valence-electron chi connectivity index (χ2n) is 2.36. The number of aryl methyl sites for hydroxylation is 1. The summed E-state index contributed by atoms with van der Waals surface area (Å²) in [7, 11) is 1.93. The lowest BCUT2D eigenvalue weighted by molar-refractivity contribution is 0.864. The number of benzene rings is 1. The quantitative estimate of drug-likeness (QED) is 0.649. The Morgan fingerprint density at radius 2 is 1.64 bits per heavy atom. The Hall–Kier alpha value is -0.820. The molecule has 62 valence electrons. The van der Waals surface area contributed by atoms with E-state index < -0.39 is 0 Å². The zero-order valence-electron chi connectivity index (χ0n) is 7.59. The van der Waals surface area contributed by atoms with Gasteiger partial charge >= 0.3 is 0 Å². The third-order valence-corrected chi connectivity index (χ3v) is 1.29. The van der Waals surface area contributed by atoms with E-state index in [0.29, 0.717) is 0 Å². The van der Waals surface area contributed by atoms with Crippen molar-refractivity contribution in [3.8, 4) is 0 Å². The molecule has 0 aliphatic heterocycles. The van der Waals surface area contributed by atoms with Crippen molar-refractivity contribution in [2.24, 2.45) is 0 Å². The van der Waals surface area contributed by atoms with Crippen molar-refractivity contribution in [3.63, 3.8) is 0 Å². The first kappa shape index (κ1) is 10.2. The van der Waals surface area contributed by atoms with Gasteiger partial charge in [-0.05, 0) is 20.5 Å². The maximum Gasteiger partial charge on any atom is -0.00804 e. The topological polar surface area (TPSA) is 12.0 Å². The molecule has 0 heterocycles. The second-order valence-corrected chi connectivity index (χ2v) is 2.36. The summed E-state index contributed by atoms with van der Waals surface area (Å²) in [5, 5.41) is 2.93. The number of rotatable bonds is 1. The molecule has 0 aliphatic rings. The van der Waals surface area contributed by atoms with Gasteiger partial charge < -0.3 is 5.32 Å². The zero-order valence-corrected chi connectivity index (χ0v) is 7.59. The van der Waals surface area contributed by atoms with E-state index in [-0.39, 0.29) is 0 Å². The van der Waals surface area contributed by atoms with E-state index in [1.54, 1.807) is 0 Å². The Kier molecular flexibility index (Phi) is 6.75. The molecule has 0 spiro atoms. The maximum absolute atomic E-state index is 2.93. The molecular formula is C10H17N. The lowest BCUT2D eigenvalue weighted by Gasteiger charge is -1.82. The summed E-state index contributed by atoms with van der Waals surface area (Å²) in [6.45, 7) is 5.22. The fourth-order valence-electron chi connectivity index (χ4n) is 0.534. The smallest absolute Gasteiger partial charge is 0.00804 e. The average Bonchev–Trinajstić information content (AvgIpc) is 2.07. The molecule has 1 N–H and O–H groups in total. The predicted octanol–water partition coefficient (Wildman–Crippen LogP) is 2.22. The molecule has 0 amide bonds. The highest BCUT2D eigenvalue weighted by Crippen LogP contribution is 1.92. The molecule has 0 radical (unpaired) electrons. The van der Waals surface area contributed by atoms with Crippen LogP contribution in [-0.2, 0) is 0 Å². The molecule has 0 saturated heterocycles. The van der Waals surface area contributed by atoms with Crippen LogP contribution < -0.4 is 5.32 Å². The summed E-state index contributed by atoms with van der Waals surface area (Å²) in [5.41, 5.74) is 1.32. The highest BCUT2D eigenvalue weighted by atomic mass is 14.8. The van der Waals surface area contributed by atoms with Crippen LogP contribution in [0.4, 0.5) is 0 Å². The summed E-state index contributed by atoms with van der Waals surface area (Å²) < 4.78 is 0. The molecule has 1 aromatic rings. The number of hydrogen-bond acceptors (Lipinski definition) is 1. The molecular weight excluding hydrogens is 134 g/mol. The number of nitrogens with one attached hydrogen (secondary N) is 1. The lowest BCUT2D eigenvalue weighted by Crippen LogP contribution is -2.01. The van der Waals surface area contributed by atoms with Crippen molar-refractivity contribution in [2.75, 3.05) is 13.6 Å². The zero-order chi connectivity index (χ0) is 8.53. The van der Waals surface area contributed by atoms with Gasteiger partial charge in [0.25, 0.3) is 0 Å². The van der Waals surface area contributed by atoms with Gasteiger partial charge in [0, 0.05) is 0 Å². The summed E-state index contributed by atoms with van der Waals surface area (Å²) in [6, 6.07) is 10.3. The minimum Gasteiger partial charge on any atom is -0.320 e. The van der Waals surface area contributed by atoms with Crippen molar-refractivity contribution >= 4 is 0 Å².